The van der Waals surface area contributed by atoms with Gasteiger partial charge in [0.2, 0.25) is 0 Å². The molecule has 0 aromatic carbocycles. The van der Waals surface area contributed by atoms with Gasteiger partial charge in [-0.3, -0.25) is 0 Å². The number of aromatic nitrogens is 1. The van der Waals surface area contributed by atoms with Crippen molar-refractivity contribution in [3.63, 3.8) is 0 Å². The predicted octanol–water partition coefficient (Wildman–Crippen LogP) is 3.87. The molecule has 0 atom stereocenters. The van der Waals surface area contributed by atoms with E-state index in [9.17, 15) is 26.7 Å². The molecule has 1 aromatic heterocycles. The molecule has 3 nitrogen and oxygen atoms in total. The van der Waals surface area contributed by atoms with Gasteiger partial charge in [0.25, 0.3) is 6.43 Å². The molecule has 0 amide bonds. The van der Waals surface area contributed by atoms with Gasteiger partial charge in [0.1, 0.15) is 5.15 Å². The lowest BCUT2D eigenvalue weighted by Crippen LogP contribution is -2.19. The Hall–Kier alpha value is -1.44. The third kappa shape index (κ3) is 3.31. The second kappa shape index (κ2) is 5.68. The fourth-order valence-electron chi connectivity index (χ4n) is 1.37. The molecule has 0 unspecified atom stereocenters. The highest BCUT2D eigenvalue weighted by atomic mass is 35.5. The molecule has 19 heavy (non-hydrogen) atoms. The minimum Gasteiger partial charge on any atom is -0.462 e. The molecular formula is C10H7ClF5NO2. The Morgan fingerprint density at radius 1 is 1.47 bits per heavy atom. The first-order valence-corrected chi connectivity index (χ1v) is 5.28. The summed E-state index contributed by atoms with van der Waals surface area (Å²) in [6.45, 7) is 1.16. The maximum absolute atomic E-state index is 12.8. The maximum Gasteiger partial charge on any atom is 0.417 e. The number of alkyl halides is 5. The smallest absolute Gasteiger partial charge is 0.417 e. The summed E-state index contributed by atoms with van der Waals surface area (Å²) in [7, 11) is 0. The minimum atomic E-state index is -5.18. The zero-order valence-corrected chi connectivity index (χ0v) is 10.1. The van der Waals surface area contributed by atoms with Crippen molar-refractivity contribution in [2.24, 2.45) is 0 Å². The van der Waals surface area contributed by atoms with Gasteiger partial charge in [0.15, 0.2) is 0 Å². The van der Waals surface area contributed by atoms with Gasteiger partial charge in [-0.05, 0) is 6.92 Å². The van der Waals surface area contributed by atoms with E-state index >= 15 is 0 Å². The number of hydrogen-bond donors (Lipinski definition) is 0. The Balaban J connectivity index is 3.57. The SMILES string of the molecule is CCOC(=O)c1cnc(Cl)c(C(F)F)c1C(F)(F)F. The van der Waals surface area contributed by atoms with Crippen LogP contribution in [0.1, 0.15) is 34.8 Å². The summed E-state index contributed by atoms with van der Waals surface area (Å²) in [6, 6.07) is 0. The first kappa shape index (κ1) is 15.6. The Labute approximate surface area is 109 Å². The van der Waals surface area contributed by atoms with Crippen LogP contribution in [0.4, 0.5) is 22.0 Å². The fraction of sp³-hybridized carbons (Fsp3) is 0.400. The van der Waals surface area contributed by atoms with E-state index in [1.54, 1.807) is 0 Å². The summed E-state index contributed by atoms with van der Waals surface area (Å²) in [4.78, 5) is 14.5. The second-order valence-corrected chi connectivity index (χ2v) is 3.63. The molecule has 9 heteroatoms. The molecule has 1 heterocycles. The molecule has 0 aliphatic rings. The van der Waals surface area contributed by atoms with Crippen molar-refractivity contribution in [1.82, 2.24) is 4.98 Å². The summed E-state index contributed by atoms with van der Waals surface area (Å²) in [5.41, 5.74) is -4.44. The van der Waals surface area contributed by atoms with Gasteiger partial charge in [-0.15, -0.1) is 0 Å². The number of ether oxygens (including phenoxy) is 1. The fourth-order valence-corrected chi connectivity index (χ4v) is 1.60. The van der Waals surface area contributed by atoms with E-state index in [0.717, 1.165) is 0 Å². The van der Waals surface area contributed by atoms with Crippen LogP contribution in [-0.2, 0) is 10.9 Å². The summed E-state index contributed by atoms with van der Waals surface area (Å²) >= 11 is 5.24. The van der Waals surface area contributed by atoms with Crippen LogP contribution in [0.15, 0.2) is 6.20 Å². The standard InChI is InChI=1S/C10H7ClF5NO2/c1-2-19-9(18)4-3-17-7(11)5(8(12)13)6(4)10(14,15)16/h3,8H,2H2,1H3. The van der Waals surface area contributed by atoms with E-state index in [-0.39, 0.29) is 6.61 Å². The van der Waals surface area contributed by atoms with E-state index in [1.165, 1.54) is 6.92 Å². The number of rotatable bonds is 3. The highest BCUT2D eigenvalue weighted by Crippen LogP contribution is 2.41. The third-order valence-corrected chi connectivity index (χ3v) is 2.37. The van der Waals surface area contributed by atoms with Crippen LogP contribution < -0.4 is 0 Å². The average molecular weight is 304 g/mol. The Kier molecular flexibility index (Phi) is 4.67. The number of carbonyl (C=O) groups is 1. The first-order chi connectivity index (χ1) is 8.70. The largest absolute Gasteiger partial charge is 0.462 e. The van der Waals surface area contributed by atoms with E-state index in [0.29, 0.717) is 6.20 Å². The van der Waals surface area contributed by atoms with Gasteiger partial charge in [-0.2, -0.15) is 13.2 Å². The normalized spacial score (nSPS) is 11.8. The van der Waals surface area contributed by atoms with Gasteiger partial charge in [0.05, 0.1) is 23.3 Å². The maximum atomic E-state index is 12.8. The van der Waals surface area contributed by atoms with Crippen molar-refractivity contribution < 1.29 is 31.5 Å². The molecule has 1 rings (SSSR count). The second-order valence-electron chi connectivity index (χ2n) is 3.27. The molecule has 106 valence electrons. The van der Waals surface area contributed by atoms with Gasteiger partial charge < -0.3 is 4.74 Å². The van der Waals surface area contributed by atoms with E-state index < -0.39 is 40.4 Å². The Morgan fingerprint density at radius 2 is 2.05 bits per heavy atom. The van der Waals surface area contributed by atoms with Gasteiger partial charge in [-0.1, -0.05) is 11.6 Å². The zero-order valence-electron chi connectivity index (χ0n) is 9.39. The summed E-state index contributed by atoms with van der Waals surface area (Å²) in [5, 5.41) is -1.00. The Morgan fingerprint density at radius 3 is 2.47 bits per heavy atom. The van der Waals surface area contributed by atoms with Crippen LogP contribution in [-0.4, -0.2) is 17.6 Å². The quantitative estimate of drug-likeness (QED) is 0.483. The molecule has 0 saturated heterocycles. The molecular weight excluding hydrogens is 297 g/mol. The van der Waals surface area contributed by atoms with Crippen LogP contribution >= 0.6 is 11.6 Å². The molecule has 0 saturated carbocycles. The number of pyridine rings is 1. The highest BCUT2D eigenvalue weighted by molar-refractivity contribution is 6.30. The van der Waals surface area contributed by atoms with E-state index in [1.807, 2.05) is 0 Å². The molecule has 0 radical (unpaired) electrons. The number of halogens is 6. The molecule has 0 spiro atoms. The van der Waals surface area contributed by atoms with Gasteiger partial charge >= 0.3 is 12.1 Å². The van der Waals surface area contributed by atoms with Crippen molar-refractivity contribution in [1.29, 1.82) is 0 Å². The van der Waals surface area contributed by atoms with Gasteiger partial charge in [0, 0.05) is 6.20 Å². The molecule has 0 fully saturated rings. The van der Waals surface area contributed by atoms with E-state index in [2.05, 4.69) is 9.72 Å². The van der Waals surface area contributed by atoms with Crippen molar-refractivity contribution in [3.8, 4) is 0 Å². The number of esters is 1. The average Bonchev–Trinajstić information content (AvgIpc) is 2.26. The van der Waals surface area contributed by atoms with Crippen LogP contribution in [0.25, 0.3) is 0 Å². The van der Waals surface area contributed by atoms with E-state index in [4.69, 9.17) is 11.6 Å². The monoisotopic (exact) mass is 303 g/mol. The predicted molar refractivity (Wildman–Crippen MR) is 55.2 cm³/mol. The molecule has 0 aliphatic carbocycles. The summed E-state index contributed by atoms with van der Waals surface area (Å²) in [6.07, 6.45) is -8.24. The van der Waals surface area contributed by atoms with Crippen molar-refractivity contribution in [3.05, 3.63) is 28.0 Å². The molecule has 0 aliphatic heterocycles. The third-order valence-electron chi connectivity index (χ3n) is 2.06. The summed E-state index contributed by atoms with van der Waals surface area (Å²) in [5.74, 6) is -1.39. The lowest BCUT2D eigenvalue weighted by atomic mass is 10.0. The summed E-state index contributed by atoms with van der Waals surface area (Å²) < 4.78 is 68.2. The van der Waals surface area contributed by atoms with Crippen LogP contribution in [0, 0.1) is 0 Å². The Bertz CT molecular complexity index is 490. The number of carbonyl (C=O) groups excluding carboxylic acids is 1. The lowest BCUT2D eigenvalue weighted by molar-refractivity contribution is -0.140. The van der Waals surface area contributed by atoms with Gasteiger partial charge in [-0.25, -0.2) is 18.6 Å². The highest BCUT2D eigenvalue weighted by Gasteiger charge is 2.42. The minimum absolute atomic E-state index is 0.206. The topological polar surface area (TPSA) is 39.2 Å². The zero-order chi connectivity index (χ0) is 14.8. The van der Waals surface area contributed by atoms with Crippen molar-refractivity contribution >= 4 is 17.6 Å². The first-order valence-electron chi connectivity index (χ1n) is 4.91. The van der Waals surface area contributed by atoms with Crippen molar-refractivity contribution in [2.45, 2.75) is 19.5 Å². The lowest BCUT2D eigenvalue weighted by Gasteiger charge is -2.16. The number of nitrogens with zero attached hydrogens (tertiary/aromatic N) is 1. The van der Waals surface area contributed by atoms with Crippen LogP contribution in [0.5, 0.6) is 0 Å². The number of hydrogen-bond acceptors (Lipinski definition) is 3. The molecule has 0 N–H and O–H groups in total. The van der Waals surface area contributed by atoms with Crippen molar-refractivity contribution in [2.75, 3.05) is 6.61 Å². The molecule has 0 bridgehead atoms. The molecule has 1 aromatic rings. The van der Waals surface area contributed by atoms with Crippen LogP contribution in [0.2, 0.25) is 5.15 Å². The van der Waals surface area contributed by atoms with Crippen LogP contribution in [0.3, 0.4) is 0 Å².